The first-order valence-electron chi connectivity index (χ1n) is 10.4. The van der Waals surface area contributed by atoms with Gasteiger partial charge in [-0.15, -0.1) is 11.3 Å². The second-order valence-corrected chi connectivity index (χ2v) is 8.84. The molecule has 5 rings (SSSR count). The van der Waals surface area contributed by atoms with E-state index < -0.39 is 0 Å². The Hall–Kier alpha value is -2.65. The van der Waals surface area contributed by atoms with Crippen LogP contribution in [0.5, 0.6) is 0 Å². The Bertz CT molecular complexity index is 996. The van der Waals surface area contributed by atoms with Crippen molar-refractivity contribution in [2.45, 2.75) is 44.2 Å². The number of ether oxygens (including phenoxy) is 1. The number of aryl methyl sites for hydroxylation is 1. The molecule has 1 saturated heterocycles. The fourth-order valence-corrected chi connectivity index (χ4v) is 5.73. The molecule has 3 aromatic heterocycles. The van der Waals surface area contributed by atoms with Gasteiger partial charge in [0.1, 0.15) is 18.3 Å². The lowest BCUT2D eigenvalue weighted by Crippen LogP contribution is -2.47. The molecule has 0 aliphatic carbocycles. The molecular formula is C21H24N6O2S. The highest BCUT2D eigenvalue weighted by atomic mass is 32.1. The Morgan fingerprint density at radius 1 is 1.23 bits per heavy atom. The summed E-state index contributed by atoms with van der Waals surface area (Å²) in [5.41, 5.74) is 2.00. The van der Waals surface area contributed by atoms with E-state index in [9.17, 15) is 4.79 Å². The summed E-state index contributed by atoms with van der Waals surface area (Å²) >= 11 is 1.77. The van der Waals surface area contributed by atoms with E-state index in [0.717, 1.165) is 62.5 Å². The lowest BCUT2D eigenvalue weighted by atomic mass is 9.85. The van der Waals surface area contributed by atoms with Crippen LogP contribution in [-0.4, -0.2) is 55.2 Å². The van der Waals surface area contributed by atoms with Gasteiger partial charge < -0.3 is 9.64 Å². The summed E-state index contributed by atoms with van der Waals surface area (Å²) in [5, 5.41) is 4.08. The van der Waals surface area contributed by atoms with Crippen LogP contribution in [0.3, 0.4) is 0 Å². The number of aromatic nitrogens is 5. The number of likely N-dealkylation sites (tertiary alicyclic amines) is 1. The van der Waals surface area contributed by atoms with Crippen molar-refractivity contribution in [3.8, 4) is 10.6 Å². The molecule has 30 heavy (non-hydrogen) atoms. The van der Waals surface area contributed by atoms with E-state index in [1.807, 2.05) is 11.1 Å². The first kappa shape index (κ1) is 19.3. The van der Waals surface area contributed by atoms with Crippen molar-refractivity contribution in [2.24, 2.45) is 0 Å². The number of fused-ring (bicyclic) bond motifs is 2. The molecule has 0 radical (unpaired) electrons. The van der Waals surface area contributed by atoms with Crippen LogP contribution in [0.25, 0.3) is 10.6 Å². The Morgan fingerprint density at radius 3 is 2.90 bits per heavy atom. The van der Waals surface area contributed by atoms with Gasteiger partial charge in [0, 0.05) is 43.3 Å². The third-order valence-electron chi connectivity index (χ3n) is 5.96. The van der Waals surface area contributed by atoms with Crippen LogP contribution in [0.4, 0.5) is 0 Å². The highest BCUT2D eigenvalue weighted by molar-refractivity contribution is 7.15. The smallest absolute Gasteiger partial charge is 0.222 e. The van der Waals surface area contributed by atoms with E-state index in [0.29, 0.717) is 6.42 Å². The number of hydrogen-bond acceptors (Lipinski definition) is 7. The molecule has 0 N–H and O–H groups in total. The summed E-state index contributed by atoms with van der Waals surface area (Å²) in [6.45, 7) is 2.92. The summed E-state index contributed by atoms with van der Waals surface area (Å²) in [5.74, 6) is 0.215. The number of thiophene rings is 1. The lowest BCUT2D eigenvalue weighted by Gasteiger charge is -2.43. The SMILES string of the molecule is O=C(CCCn1cncn1)N1CCC2(CC1)OCCc1cc(-c3cnccn3)sc12. The zero-order valence-corrected chi connectivity index (χ0v) is 17.6. The van der Waals surface area contributed by atoms with Crippen molar-refractivity contribution < 1.29 is 9.53 Å². The zero-order chi connectivity index (χ0) is 20.4. The molecule has 3 aromatic rings. The maximum absolute atomic E-state index is 12.7. The van der Waals surface area contributed by atoms with Crippen molar-refractivity contribution >= 4 is 17.2 Å². The van der Waals surface area contributed by atoms with Gasteiger partial charge in [0.05, 0.1) is 23.4 Å². The summed E-state index contributed by atoms with van der Waals surface area (Å²) in [6.07, 6.45) is 12.4. The number of carbonyl (C=O) groups excluding carboxylic acids is 1. The van der Waals surface area contributed by atoms with E-state index in [1.165, 1.54) is 16.8 Å². The highest BCUT2D eigenvalue weighted by Gasteiger charge is 2.43. The van der Waals surface area contributed by atoms with E-state index in [2.05, 4.69) is 26.1 Å². The molecule has 1 spiro atoms. The van der Waals surface area contributed by atoms with Crippen LogP contribution in [0.2, 0.25) is 0 Å². The maximum atomic E-state index is 12.7. The van der Waals surface area contributed by atoms with Crippen LogP contribution in [0, 0.1) is 0 Å². The molecule has 1 amide bonds. The molecule has 0 bridgehead atoms. The summed E-state index contributed by atoms with van der Waals surface area (Å²) in [4.78, 5) is 29.7. The van der Waals surface area contributed by atoms with Gasteiger partial charge in [0.25, 0.3) is 0 Å². The largest absolute Gasteiger partial charge is 0.369 e. The Morgan fingerprint density at radius 2 is 2.13 bits per heavy atom. The van der Waals surface area contributed by atoms with E-state index in [4.69, 9.17) is 4.74 Å². The van der Waals surface area contributed by atoms with Gasteiger partial charge in [0.2, 0.25) is 5.91 Å². The Labute approximate surface area is 178 Å². The van der Waals surface area contributed by atoms with Crippen LogP contribution in [0.15, 0.2) is 37.3 Å². The molecule has 2 aliphatic rings. The second-order valence-electron chi connectivity index (χ2n) is 7.79. The van der Waals surface area contributed by atoms with Crippen molar-refractivity contribution in [2.75, 3.05) is 19.7 Å². The van der Waals surface area contributed by atoms with Gasteiger partial charge in [-0.3, -0.25) is 19.4 Å². The lowest BCUT2D eigenvalue weighted by molar-refractivity contribution is -0.140. The average Bonchev–Trinajstić information content (AvgIpc) is 3.46. The molecule has 2 aliphatic heterocycles. The predicted octanol–water partition coefficient (Wildman–Crippen LogP) is 2.67. The van der Waals surface area contributed by atoms with Crippen molar-refractivity contribution in [1.82, 2.24) is 29.6 Å². The first-order valence-corrected chi connectivity index (χ1v) is 11.2. The molecule has 0 unspecified atom stereocenters. The van der Waals surface area contributed by atoms with Gasteiger partial charge in [-0.1, -0.05) is 0 Å². The third kappa shape index (κ3) is 3.75. The quantitative estimate of drug-likeness (QED) is 0.626. The van der Waals surface area contributed by atoms with Gasteiger partial charge in [-0.2, -0.15) is 5.10 Å². The predicted molar refractivity (Wildman–Crippen MR) is 112 cm³/mol. The highest BCUT2D eigenvalue weighted by Crippen LogP contribution is 2.47. The third-order valence-corrected chi connectivity index (χ3v) is 7.34. The zero-order valence-electron chi connectivity index (χ0n) is 16.7. The van der Waals surface area contributed by atoms with Gasteiger partial charge >= 0.3 is 0 Å². The standard InChI is InChI=1S/C21H24N6O2S/c28-19(2-1-8-27-15-23-14-25-27)26-9-4-21(5-10-26)20-16(3-11-29-21)12-18(30-20)17-13-22-6-7-24-17/h6-7,12-15H,1-5,8-11H2. The molecule has 0 saturated carbocycles. The normalized spacial score (nSPS) is 17.8. The molecule has 9 heteroatoms. The van der Waals surface area contributed by atoms with Crippen LogP contribution < -0.4 is 0 Å². The fraction of sp³-hybridized carbons (Fsp3) is 0.476. The van der Waals surface area contributed by atoms with Gasteiger partial charge in [-0.25, -0.2) is 4.98 Å². The first-order chi connectivity index (χ1) is 14.7. The van der Waals surface area contributed by atoms with E-state index in [-0.39, 0.29) is 11.5 Å². The van der Waals surface area contributed by atoms with E-state index >= 15 is 0 Å². The van der Waals surface area contributed by atoms with Crippen molar-refractivity contribution in [1.29, 1.82) is 0 Å². The minimum absolute atomic E-state index is 0.215. The van der Waals surface area contributed by atoms with Crippen LogP contribution >= 0.6 is 11.3 Å². The second kappa shape index (κ2) is 8.23. The molecular weight excluding hydrogens is 400 g/mol. The van der Waals surface area contributed by atoms with Crippen molar-refractivity contribution in [3.05, 3.63) is 47.8 Å². The molecule has 1 fully saturated rings. The van der Waals surface area contributed by atoms with Gasteiger partial charge in [0.15, 0.2) is 0 Å². The van der Waals surface area contributed by atoms with Crippen molar-refractivity contribution in [3.63, 3.8) is 0 Å². The minimum atomic E-state index is -0.268. The minimum Gasteiger partial charge on any atom is -0.369 e. The molecule has 156 valence electrons. The Kier molecular flexibility index (Phi) is 5.30. The average molecular weight is 425 g/mol. The summed E-state index contributed by atoms with van der Waals surface area (Å²) in [7, 11) is 0. The monoisotopic (exact) mass is 424 g/mol. The summed E-state index contributed by atoms with van der Waals surface area (Å²) < 4.78 is 8.12. The number of nitrogens with zero attached hydrogens (tertiary/aromatic N) is 6. The summed E-state index contributed by atoms with van der Waals surface area (Å²) in [6, 6.07) is 2.25. The number of carbonyl (C=O) groups is 1. The maximum Gasteiger partial charge on any atom is 0.222 e. The van der Waals surface area contributed by atoms with E-state index in [1.54, 1.807) is 34.7 Å². The number of amides is 1. The van der Waals surface area contributed by atoms with Gasteiger partial charge in [-0.05, 0) is 37.3 Å². The number of hydrogen-bond donors (Lipinski definition) is 0. The fourth-order valence-electron chi connectivity index (χ4n) is 4.36. The number of piperidine rings is 1. The molecule has 0 atom stereocenters. The van der Waals surface area contributed by atoms with Crippen LogP contribution in [0.1, 0.15) is 36.1 Å². The molecule has 0 aromatic carbocycles. The Balaban J connectivity index is 1.24. The van der Waals surface area contributed by atoms with Crippen LogP contribution in [-0.2, 0) is 28.1 Å². The number of rotatable bonds is 5. The molecule has 5 heterocycles. The molecule has 8 nitrogen and oxygen atoms in total. The topological polar surface area (TPSA) is 86.0 Å².